The molecule has 0 nitrogen and oxygen atoms in total. The number of unbranched alkanes of at least 4 members (excludes halogenated alkanes) is 1. The zero-order valence-corrected chi connectivity index (χ0v) is 12.9. The van der Waals surface area contributed by atoms with Gasteiger partial charge < -0.3 is 0 Å². The molecule has 0 N–H and O–H groups in total. The van der Waals surface area contributed by atoms with Crippen molar-refractivity contribution in [1.29, 1.82) is 0 Å². The third kappa shape index (κ3) is 5.83. The van der Waals surface area contributed by atoms with Gasteiger partial charge in [-0.05, 0) is 25.3 Å². The van der Waals surface area contributed by atoms with E-state index in [1.807, 2.05) is 0 Å². The first kappa shape index (κ1) is 16.3. The Morgan fingerprint density at radius 1 is 1.21 bits per heavy atom. The number of hydrogen-bond donors (Lipinski definition) is 0. The zero-order chi connectivity index (χ0) is 14.3. The number of benzene rings is 1. The smallest absolute Gasteiger partial charge is 0.166 e. The van der Waals surface area contributed by atoms with Crippen molar-refractivity contribution in [3.05, 3.63) is 42.0 Å². The van der Waals surface area contributed by atoms with E-state index in [9.17, 15) is 13.2 Å². The van der Waals surface area contributed by atoms with E-state index in [0.717, 1.165) is 30.9 Å². The number of rotatable bonds is 7. The first-order valence-corrected chi connectivity index (χ1v) is 8.57. The molecule has 0 aliphatic heterocycles. The molecule has 0 saturated heterocycles. The second kappa shape index (κ2) is 7.75. The Balaban J connectivity index is 2.56. The van der Waals surface area contributed by atoms with Crippen LogP contribution in [0.15, 0.2) is 36.4 Å². The molecule has 0 heterocycles. The van der Waals surface area contributed by atoms with Crippen molar-refractivity contribution in [1.82, 2.24) is 0 Å². The molecular weight excluding hydrogens is 289 g/mol. The number of halogens is 4. The molecule has 0 aromatic heterocycles. The Hall–Kier alpha value is -0.743. The minimum Gasteiger partial charge on any atom is -0.166 e. The van der Waals surface area contributed by atoms with Gasteiger partial charge in [0.05, 0.1) is 15.1 Å². The molecule has 1 aromatic carbocycles. The Morgan fingerprint density at radius 2 is 1.89 bits per heavy atom. The molecule has 1 aromatic rings. The lowest BCUT2D eigenvalue weighted by molar-refractivity contribution is -0.136. The molecule has 0 fully saturated rings. The molecule has 0 saturated carbocycles. The topological polar surface area (TPSA) is 0 Å². The van der Waals surface area contributed by atoms with Crippen LogP contribution in [-0.2, 0) is 6.18 Å². The second-order valence-electron chi connectivity index (χ2n) is 4.55. The van der Waals surface area contributed by atoms with E-state index < -0.39 is 21.3 Å². The van der Waals surface area contributed by atoms with Gasteiger partial charge in [0, 0.05) is 5.88 Å². The van der Waals surface area contributed by atoms with Crippen molar-refractivity contribution in [2.75, 3.05) is 5.88 Å². The van der Waals surface area contributed by atoms with Gasteiger partial charge in [0.25, 0.3) is 0 Å². The van der Waals surface area contributed by atoms with Crippen molar-refractivity contribution in [2.45, 2.75) is 31.5 Å². The van der Waals surface area contributed by atoms with Gasteiger partial charge in [0.2, 0.25) is 0 Å². The van der Waals surface area contributed by atoms with Crippen LogP contribution in [0, 0.1) is 0 Å². The van der Waals surface area contributed by atoms with Gasteiger partial charge in [-0.1, -0.05) is 35.0 Å². The van der Waals surface area contributed by atoms with Gasteiger partial charge in [0.15, 0.2) is 0 Å². The quantitative estimate of drug-likeness (QED) is 0.310. The second-order valence-corrected chi connectivity index (χ2v) is 6.69. The monoisotopic (exact) mass is 306 g/mol. The highest BCUT2D eigenvalue weighted by molar-refractivity contribution is 6.54. The summed E-state index contributed by atoms with van der Waals surface area (Å²) in [6.07, 6.45) is -1.48. The lowest BCUT2D eigenvalue weighted by Gasteiger charge is -2.12. The number of allylic oxidation sites excluding steroid dienone is 1. The van der Waals surface area contributed by atoms with E-state index >= 15 is 0 Å². The fourth-order valence-electron chi connectivity index (χ4n) is 1.92. The number of hydrogen-bond acceptors (Lipinski definition) is 0. The largest absolute Gasteiger partial charge is 0.416 e. The van der Waals surface area contributed by atoms with Gasteiger partial charge in [-0.15, -0.1) is 18.2 Å². The first-order chi connectivity index (χ1) is 8.95. The minimum absolute atomic E-state index is 0.477. The summed E-state index contributed by atoms with van der Waals surface area (Å²) in [4.78, 5) is 0. The van der Waals surface area contributed by atoms with Gasteiger partial charge in [-0.3, -0.25) is 0 Å². The third-order valence-corrected chi connectivity index (χ3v) is 5.36. The lowest BCUT2D eigenvalue weighted by Crippen LogP contribution is -2.25. The highest BCUT2D eigenvalue weighted by Gasteiger charge is 2.32. The molecule has 0 aliphatic carbocycles. The Bertz CT molecular complexity index is 415. The summed E-state index contributed by atoms with van der Waals surface area (Å²) in [7, 11) is -0.954. The van der Waals surface area contributed by atoms with E-state index in [2.05, 4.69) is 6.58 Å². The summed E-state index contributed by atoms with van der Waals surface area (Å²) in [6, 6.07) is 6.61. The molecule has 19 heavy (non-hydrogen) atoms. The van der Waals surface area contributed by atoms with Crippen LogP contribution in [0.3, 0.4) is 0 Å². The summed E-state index contributed by atoms with van der Waals surface area (Å²) in [5, 5.41) is 0.480. The van der Waals surface area contributed by atoms with Gasteiger partial charge in [0.1, 0.15) is 0 Å². The Kier molecular flexibility index (Phi) is 6.65. The molecule has 0 radical (unpaired) electrons. The Labute approximate surface area is 119 Å². The average Bonchev–Trinajstić information content (AvgIpc) is 2.36. The molecule has 0 bridgehead atoms. The zero-order valence-electron chi connectivity index (χ0n) is 10.8. The van der Waals surface area contributed by atoms with Crippen LogP contribution in [-0.4, -0.2) is 15.4 Å². The van der Waals surface area contributed by atoms with E-state index in [-0.39, 0.29) is 0 Å². The van der Waals surface area contributed by atoms with Gasteiger partial charge >= 0.3 is 6.18 Å². The maximum Gasteiger partial charge on any atom is 0.416 e. The van der Waals surface area contributed by atoms with E-state index in [1.54, 1.807) is 12.1 Å². The molecular formula is C14H18ClF3Si. The van der Waals surface area contributed by atoms with E-state index in [4.69, 9.17) is 11.6 Å². The van der Waals surface area contributed by atoms with Gasteiger partial charge in [-0.2, -0.15) is 13.2 Å². The first-order valence-electron chi connectivity index (χ1n) is 6.33. The SMILES string of the molecule is C=C(CCCCCl)C[SiH2]c1ccccc1C(F)(F)F. The summed E-state index contributed by atoms with van der Waals surface area (Å²) in [6.45, 7) is 3.94. The van der Waals surface area contributed by atoms with Crippen molar-refractivity contribution >= 4 is 26.3 Å². The molecule has 0 atom stereocenters. The predicted octanol–water partition coefficient (Wildman–Crippen LogP) is 3.88. The van der Waals surface area contributed by atoms with Crippen molar-refractivity contribution in [3.63, 3.8) is 0 Å². The molecule has 0 spiro atoms. The lowest BCUT2D eigenvalue weighted by atomic mass is 10.1. The average molecular weight is 307 g/mol. The minimum atomic E-state index is -4.25. The molecule has 0 amide bonds. The number of alkyl halides is 4. The fourth-order valence-corrected chi connectivity index (χ4v) is 3.87. The predicted molar refractivity (Wildman–Crippen MR) is 78.1 cm³/mol. The molecule has 106 valence electrons. The van der Waals surface area contributed by atoms with Crippen LogP contribution < -0.4 is 5.19 Å². The van der Waals surface area contributed by atoms with Gasteiger partial charge in [-0.25, -0.2) is 0 Å². The van der Waals surface area contributed by atoms with Crippen LogP contribution in [0.2, 0.25) is 6.04 Å². The summed E-state index contributed by atoms with van der Waals surface area (Å²) in [5.41, 5.74) is 0.573. The molecule has 0 unspecified atom stereocenters. The van der Waals surface area contributed by atoms with Crippen LogP contribution >= 0.6 is 11.6 Å². The Morgan fingerprint density at radius 3 is 2.53 bits per heavy atom. The fraction of sp³-hybridized carbons (Fsp3) is 0.429. The highest BCUT2D eigenvalue weighted by atomic mass is 35.5. The van der Waals surface area contributed by atoms with Crippen molar-refractivity contribution in [2.24, 2.45) is 0 Å². The molecule has 0 aliphatic rings. The van der Waals surface area contributed by atoms with Crippen LogP contribution in [0.4, 0.5) is 13.2 Å². The summed E-state index contributed by atoms with van der Waals surface area (Å²) in [5.74, 6) is 0.627. The van der Waals surface area contributed by atoms with E-state index in [1.165, 1.54) is 12.1 Å². The molecule has 5 heteroatoms. The van der Waals surface area contributed by atoms with E-state index in [0.29, 0.717) is 11.1 Å². The standard InChI is InChI=1S/C14H18ClF3Si/c1-11(6-4-5-9-15)10-19-13-8-3-2-7-12(13)14(16,17)18/h2-3,7-8H,1,4-6,9-10,19H2. The van der Waals surface area contributed by atoms with Crippen molar-refractivity contribution < 1.29 is 13.2 Å². The van der Waals surface area contributed by atoms with Crippen LogP contribution in [0.5, 0.6) is 0 Å². The van der Waals surface area contributed by atoms with Crippen LogP contribution in [0.25, 0.3) is 0 Å². The maximum atomic E-state index is 12.8. The maximum absolute atomic E-state index is 12.8. The highest BCUT2D eigenvalue weighted by Crippen LogP contribution is 2.27. The summed E-state index contributed by atoms with van der Waals surface area (Å²) < 4.78 is 38.4. The normalized spacial score (nSPS) is 12.2. The third-order valence-electron chi connectivity index (χ3n) is 2.98. The van der Waals surface area contributed by atoms with Crippen molar-refractivity contribution in [3.8, 4) is 0 Å². The van der Waals surface area contributed by atoms with Crippen LogP contribution in [0.1, 0.15) is 24.8 Å². The summed E-state index contributed by atoms with van der Waals surface area (Å²) >= 11 is 5.58. The molecule has 1 rings (SSSR count).